The van der Waals surface area contributed by atoms with Gasteiger partial charge in [0.05, 0.1) is 0 Å². The number of ether oxygens (including phenoxy) is 1. The van der Waals surface area contributed by atoms with Crippen molar-refractivity contribution in [2.75, 3.05) is 6.61 Å². The van der Waals surface area contributed by atoms with Crippen molar-refractivity contribution in [3.8, 4) is 11.3 Å². The van der Waals surface area contributed by atoms with Crippen molar-refractivity contribution in [1.29, 1.82) is 0 Å². The fourth-order valence-corrected chi connectivity index (χ4v) is 1.48. The van der Waals surface area contributed by atoms with Crippen molar-refractivity contribution in [3.05, 3.63) is 51.2 Å². The zero-order chi connectivity index (χ0) is 13.0. The monoisotopic (exact) mass is 247 g/mol. The van der Waals surface area contributed by atoms with Gasteiger partial charge in [-0.25, -0.2) is 4.79 Å². The Labute approximate surface area is 103 Å². The molecule has 0 bridgehead atoms. The van der Waals surface area contributed by atoms with Gasteiger partial charge < -0.3 is 4.74 Å². The Bertz CT molecular complexity index is 631. The van der Waals surface area contributed by atoms with Crippen LogP contribution in [0.3, 0.4) is 0 Å². The SMILES string of the molecule is CCOCn1nc(-c2ccccc2)c(=O)[nH]c1=O. The molecule has 1 N–H and O–H groups in total. The topological polar surface area (TPSA) is 77.0 Å². The fourth-order valence-electron chi connectivity index (χ4n) is 1.48. The lowest BCUT2D eigenvalue weighted by molar-refractivity contribution is 0.0744. The molecular formula is C12H13N3O3. The zero-order valence-corrected chi connectivity index (χ0v) is 9.92. The maximum atomic E-state index is 11.7. The molecule has 0 unspecified atom stereocenters. The number of nitrogens with zero attached hydrogens (tertiary/aromatic N) is 2. The van der Waals surface area contributed by atoms with E-state index in [2.05, 4.69) is 10.1 Å². The average Bonchev–Trinajstić information content (AvgIpc) is 2.39. The molecule has 0 amide bonds. The van der Waals surface area contributed by atoms with Gasteiger partial charge in [-0.05, 0) is 6.92 Å². The van der Waals surface area contributed by atoms with Crippen molar-refractivity contribution in [2.45, 2.75) is 13.7 Å². The highest BCUT2D eigenvalue weighted by Gasteiger charge is 2.08. The lowest BCUT2D eigenvalue weighted by Crippen LogP contribution is -2.34. The van der Waals surface area contributed by atoms with E-state index in [9.17, 15) is 9.59 Å². The summed E-state index contributed by atoms with van der Waals surface area (Å²) in [4.78, 5) is 25.4. The first-order valence-electron chi connectivity index (χ1n) is 5.57. The fraction of sp³-hybridized carbons (Fsp3) is 0.250. The summed E-state index contributed by atoms with van der Waals surface area (Å²) in [7, 11) is 0. The minimum atomic E-state index is -0.576. The van der Waals surface area contributed by atoms with E-state index >= 15 is 0 Å². The molecule has 0 aliphatic rings. The summed E-state index contributed by atoms with van der Waals surface area (Å²) >= 11 is 0. The molecule has 0 saturated carbocycles. The Morgan fingerprint density at radius 2 is 2.00 bits per heavy atom. The largest absolute Gasteiger partial charge is 0.359 e. The summed E-state index contributed by atoms with van der Waals surface area (Å²) < 4.78 is 6.20. The molecule has 2 rings (SSSR count). The van der Waals surface area contributed by atoms with Crippen LogP contribution < -0.4 is 11.2 Å². The molecule has 0 aliphatic heterocycles. The number of benzene rings is 1. The molecule has 1 aromatic heterocycles. The standard InChI is InChI=1S/C12H13N3O3/c1-2-18-8-15-12(17)13-11(16)10(14-15)9-6-4-3-5-7-9/h3-7H,2,8H2,1H3,(H,13,16,17). The Balaban J connectivity index is 2.49. The highest BCUT2D eigenvalue weighted by Crippen LogP contribution is 2.09. The molecule has 0 spiro atoms. The molecule has 1 heterocycles. The van der Waals surface area contributed by atoms with E-state index in [4.69, 9.17) is 4.74 Å². The lowest BCUT2D eigenvalue weighted by atomic mass is 10.2. The van der Waals surface area contributed by atoms with E-state index in [1.165, 1.54) is 0 Å². The molecule has 0 fully saturated rings. The average molecular weight is 247 g/mol. The van der Waals surface area contributed by atoms with Crippen LogP contribution in [0.25, 0.3) is 11.3 Å². The molecule has 6 nitrogen and oxygen atoms in total. The van der Waals surface area contributed by atoms with Gasteiger partial charge in [-0.15, -0.1) is 0 Å². The van der Waals surface area contributed by atoms with Gasteiger partial charge >= 0.3 is 5.69 Å². The van der Waals surface area contributed by atoms with Gasteiger partial charge in [-0.1, -0.05) is 30.3 Å². The van der Waals surface area contributed by atoms with Gasteiger partial charge in [-0.3, -0.25) is 9.78 Å². The minimum Gasteiger partial charge on any atom is -0.359 e. The second-order valence-electron chi connectivity index (χ2n) is 3.60. The third kappa shape index (κ3) is 2.54. The van der Waals surface area contributed by atoms with Crippen molar-refractivity contribution < 1.29 is 4.74 Å². The molecule has 18 heavy (non-hydrogen) atoms. The van der Waals surface area contributed by atoms with Crippen LogP contribution >= 0.6 is 0 Å². The third-order valence-electron chi connectivity index (χ3n) is 2.36. The Morgan fingerprint density at radius 1 is 1.28 bits per heavy atom. The molecule has 0 aliphatic carbocycles. The van der Waals surface area contributed by atoms with E-state index < -0.39 is 11.2 Å². The highest BCUT2D eigenvalue weighted by atomic mass is 16.5. The van der Waals surface area contributed by atoms with Crippen molar-refractivity contribution in [1.82, 2.24) is 14.8 Å². The van der Waals surface area contributed by atoms with Gasteiger partial charge in [0.25, 0.3) is 5.56 Å². The molecule has 6 heteroatoms. The Morgan fingerprint density at radius 3 is 2.67 bits per heavy atom. The summed E-state index contributed by atoms with van der Waals surface area (Å²) in [5.74, 6) is 0. The Kier molecular flexibility index (Phi) is 3.69. The van der Waals surface area contributed by atoms with Crippen LogP contribution in [0.2, 0.25) is 0 Å². The van der Waals surface area contributed by atoms with Crippen molar-refractivity contribution in [3.63, 3.8) is 0 Å². The van der Waals surface area contributed by atoms with Crippen LogP contribution in [0, 0.1) is 0 Å². The molecule has 0 atom stereocenters. The van der Waals surface area contributed by atoms with E-state index in [-0.39, 0.29) is 12.4 Å². The summed E-state index contributed by atoms with van der Waals surface area (Å²) in [5.41, 5.74) is -0.217. The van der Waals surface area contributed by atoms with Crippen LogP contribution in [0.1, 0.15) is 6.92 Å². The predicted molar refractivity (Wildman–Crippen MR) is 66.2 cm³/mol. The quantitative estimate of drug-likeness (QED) is 0.858. The molecular weight excluding hydrogens is 234 g/mol. The van der Waals surface area contributed by atoms with Gasteiger partial charge in [0.1, 0.15) is 6.73 Å². The van der Waals surface area contributed by atoms with E-state index in [1.807, 2.05) is 13.0 Å². The van der Waals surface area contributed by atoms with Crippen LogP contribution in [0.4, 0.5) is 0 Å². The summed E-state index contributed by atoms with van der Waals surface area (Å²) in [5, 5.41) is 4.01. The second-order valence-corrected chi connectivity index (χ2v) is 3.60. The van der Waals surface area contributed by atoms with Gasteiger partial charge in [0, 0.05) is 12.2 Å². The number of aromatic amines is 1. The maximum absolute atomic E-state index is 11.7. The molecule has 94 valence electrons. The van der Waals surface area contributed by atoms with Gasteiger partial charge in [-0.2, -0.15) is 9.78 Å². The summed E-state index contributed by atoms with van der Waals surface area (Å²) in [6, 6.07) is 8.96. The number of hydrogen-bond donors (Lipinski definition) is 1. The number of H-pyrrole nitrogens is 1. The van der Waals surface area contributed by atoms with Crippen LogP contribution in [0.15, 0.2) is 39.9 Å². The normalized spacial score (nSPS) is 10.5. The Hall–Kier alpha value is -2.21. The van der Waals surface area contributed by atoms with E-state index in [0.717, 1.165) is 4.68 Å². The number of hydrogen-bond acceptors (Lipinski definition) is 4. The van der Waals surface area contributed by atoms with Crippen LogP contribution in [-0.2, 0) is 11.5 Å². The first-order valence-corrected chi connectivity index (χ1v) is 5.57. The second kappa shape index (κ2) is 5.42. The molecule has 0 saturated heterocycles. The van der Waals surface area contributed by atoms with Crippen LogP contribution in [0.5, 0.6) is 0 Å². The lowest BCUT2D eigenvalue weighted by Gasteiger charge is -2.05. The van der Waals surface area contributed by atoms with E-state index in [1.54, 1.807) is 24.3 Å². The van der Waals surface area contributed by atoms with Gasteiger partial charge in [0.2, 0.25) is 0 Å². The van der Waals surface area contributed by atoms with Gasteiger partial charge in [0.15, 0.2) is 5.69 Å². The van der Waals surface area contributed by atoms with Crippen LogP contribution in [-0.4, -0.2) is 21.4 Å². The smallest absolute Gasteiger partial charge is 0.347 e. The summed E-state index contributed by atoms with van der Waals surface area (Å²) in [6.45, 7) is 2.30. The molecule has 0 radical (unpaired) electrons. The first-order chi connectivity index (χ1) is 8.72. The third-order valence-corrected chi connectivity index (χ3v) is 2.36. The van der Waals surface area contributed by atoms with Crippen molar-refractivity contribution in [2.24, 2.45) is 0 Å². The van der Waals surface area contributed by atoms with Crippen molar-refractivity contribution >= 4 is 0 Å². The maximum Gasteiger partial charge on any atom is 0.347 e. The predicted octanol–water partition coefficient (Wildman–Crippen LogP) is 0.593. The highest BCUT2D eigenvalue weighted by molar-refractivity contribution is 5.56. The molecule has 1 aromatic carbocycles. The number of rotatable bonds is 4. The minimum absolute atomic E-state index is 0.0198. The number of aromatic nitrogens is 3. The summed E-state index contributed by atoms with van der Waals surface area (Å²) in [6.07, 6.45) is 0. The molecule has 2 aromatic rings. The first kappa shape index (κ1) is 12.3. The van der Waals surface area contributed by atoms with E-state index in [0.29, 0.717) is 12.2 Å². The number of nitrogens with one attached hydrogen (secondary N) is 1. The zero-order valence-electron chi connectivity index (χ0n) is 9.92.